The number of nitrogens with one attached hydrogen (secondary N) is 1. The molecule has 1 aromatic rings. The van der Waals surface area contributed by atoms with Gasteiger partial charge in [-0.15, -0.1) is 0 Å². The molecule has 0 saturated heterocycles. The summed E-state index contributed by atoms with van der Waals surface area (Å²) in [5.74, 6) is -0.0392. The zero-order valence-electron chi connectivity index (χ0n) is 8.90. The number of halogens is 2. The first kappa shape index (κ1) is 12.7. The number of anilines is 1. The van der Waals surface area contributed by atoms with Gasteiger partial charge >= 0.3 is 0 Å². The molecule has 0 radical (unpaired) electrons. The van der Waals surface area contributed by atoms with Gasteiger partial charge in [0.1, 0.15) is 0 Å². The lowest BCUT2D eigenvalue weighted by Crippen LogP contribution is -2.20. The minimum Gasteiger partial charge on any atom is -0.324 e. The number of alkyl halides is 1. The van der Waals surface area contributed by atoms with E-state index in [-0.39, 0.29) is 10.7 Å². The number of carbonyl (C=O) groups is 1. The predicted octanol–water partition coefficient (Wildman–Crippen LogP) is 3.79. The second-order valence-corrected chi connectivity index (χ2v) is 5.77. The molecule has 1 unspecified atom stereocenters. The first-order valence-corrected chi connectivity index (χ1v) is 6.34. The van der Waals surface area contributed by atoms with Crippen LogP contribution < -0.4 is 5.32 Å². The molecular weight excluding hydrogens is 322 g/mol. The van der Waals surface area contributed by atoms with E-state index in [1.54, 1.807) is 6.92 Å². The van der Waals surface area contributed by atoms with Gasteiger partial charge in [-0.05, 0) is 53.9 Å². The quantitative estimate of drug-likeness (QED) is 0.819. The number of carbonyl (C=O) groups excluding carboxylic acids is 1. The number of amides is 1. The van der Waals surface area contributed by atoms with Gasteiger partial charge in [0.15, 0.2) is 0 Å². The van der Waals surface area contributed by atoms with Crippen LogP contribution in [0.1, 0.15) is 18.1 Å². The van der Waals surface area contributed by atoms with Gasteiger partial charge in [-0.1, -0.05) is 22.0 Å². The topological polar surface area (TPSA) is 29.1 Å². The van der Waals surface area contributed by atoms with Crippen molar-refractivity contribution >= 4 is 43.5 Å². The maximum Gasteiger partial charge on any atom is 0.237 e. The third-order valence-corrected chi connectivity index (χ3v) is 3.08. The van der Waals surface area contributed by atoms with Crippen molar-refractivity contribution in [2.24, 2.45) is 0 Å². The van der Waals surface area contributed by atoms with Crippen LogP contribution in [0.15, 0.2) is 16.6 Å². The lowest BCUT2D eigenvalue weighted by molar-refractivity contribution is -0.115. The van der Waals surface area contributed by atoms with E-state index in [4.69, 9.17) is 0 Å². The highest BCUT2D eigenvalue weighted by Crippen LogP contribution is 2.28. The Bertz CT molecular complexity index is 365. The maximum atomic E-state index is 11.5. The fourth-order valence-electron chi connectivity index (χ4n) is 1.30. The standard InChI is InChI=1S/C11H13Br2NO/c1-6-4-7(2)10(9(13)5-6)14-11(15)8(3)12/h4-5,8H,1-3H3,(H,14,15). The van der Waals surface area contributed by atoms with Gasteiger partial charge in [0.2, 0.25) is 5.91 Å². The number of hydrogen-bond acceptors (Lipinski definition) is 1. The summed E-state index contributed by atoms with van der Waals surface area (Å²) in [6.07, 6.45) is 0. The molecule has 0 aliphatic heterocycles. The van der Waals surface area contributed by atoms with Crippen LogP contribution in [-0.4, -0.2) is 10.7 Å². The summed E-state index contributed by atoms with van der Waals surface area (Å²) >= 11 is 6.68. The molecule has 0 bridgehead atoms. The summed E-state index contributed by atoms with van der Waals surface area (Å²) in [7, 11) is 0. The van der Waals surface area contributed by atoms with E-state index in [0.29, 0.717) is 0 Å². The van der Waals surface area contributed by atoms with Crippen LogP contribution in [0.25, 0.3) is 0 Å². The molecule has 1 aromatic carbocycles. The molecule has 1 amide bonds. The first-order chi connectivity index (χ1) is 6.91. The first-order valence-electron chi connectivity index (χ1n) is 4.63. The van der Waals surface area contributed by atoms with Gasteiger partial charge in [0.25, 0.3) is 0 Å². The average molecular weight is 335 g/mol. The predicted molar refractivity (Wildman–Crippen MR) is 70.6 cm³/mol. The second-order valence-electron chi connectivity index (χ2n) is 3.54. The van der Waals surface area contributed by atoms with E-state index < -0.39 is 0 Å². The molecular formula is C11H13Br2NO. The van der Waals surface area contributed by atoms with Crippen molar-refractivity contribution in [1.82, 2.24) is 0 Å². The Labute approximate surface area is 107 Å². The fraction of sp³-hybridized carbons (Fsp3) is 0.364. The smallest absolute Gasteiger partial charge is 0.237 e. The Balaban J connectivity index is 3.00. The van der Waals surface area contributed by atoms with Gasteiger partial charge in [0.05, 0.1) is 10.5 Å². The molecule has 0 aromatic heterocycles. The Morgan fingerprint density at radius 2 is 2.00 bits per heavy atom. The molecule has 2 nitrogen and oxygen atoms in total. The highest BCUT2D eigenvalue weighted by molar-refractivity contribution is 9.10. The summed E-state index contributed by atoms with van der Waals surface area (Å²) in [5, 5.41) is 2.87. The number of rotatable bonds is 2. The van der Waals surface area contributed by atoms with Crippen molar-refractivity contribution < 1.29 is 4.79 Å². The van der Waals surface area contributed by atoms with Gasteiger partial charge < -0.3 is 5.32 Å². The molecule has 0 saturated carbocycles. The highest BCUT2D eigenvalue weighted by atomic mass is 79.9. The molecule has 1 rings (SSSR count). The number of benzene rings is 1. The van der Waals surface area contributed by atoms with E-state index in [2.05, 4.69) is 37.2 Å². The molecule has 1 N–H and O–H groups in total. The summed E-state index contributed by atoms with van der Waals surface area (Å²) in [6.45, 7) is 5.80. The highest BCUT2D eigenvalue weighted by Gasteiger charge is 2.12. The molecule has 15 heavy (non-hydrogen) atoms. The fourth-order valence-corrected chi connectivity index (χ4v) is 2.18. The van der Waals surface area contributed by atoms with Crippen molar-refractivity contribution in [3.63, 3.8) is 0 Å². The van der Waals surface area contributed by atoms with Crippen molar-refractivity contribution in [3.05, 3.63) is 27.7 Å². The monoisotopic (exact) mass is 333 g/mol. The van der Waals surface area contributed by atoms with E-state index >= 15 is 0 Å². The molecule has 0 spiro atoms. The largest absolute Gasteiger partial charge is 0.324 e. The van der Waals surface area contributed by atoms with Gasteiger partial charge in [-0.3, -0.25) is 4.79 Å². The lowest BCUT2D eigenvalue weighted by Gasteiger charge is -2.12. The van der Waals surface area contributed by atoms with Crippen molar-refractivity contribution in [2.75, 3.05) is 5.32 Å². The third-order valence-electron chi connectivity index (χ3n) is 2.04. The second kappa shape index (κ2) is 5.12. The minimum atomic E-state index is -0.190. The van der Waals surface area contributed by atoms with Gasteiger partial charge in [0, 0.05) is 4.47 Å². The summed E-state index contributed by atoms with van der Waals surface area (Å²) in [6, 6.07) is 4.03. The Kier molecular flexibility index (Phi) is 4.34. The van der Waals surface area contributed by atoms with Gasteiger partial charge in [-0.25, -0.2) is 0 Å². The summed E-state index contributed by atoms with van der Waals surface area (Å²) in [4.78, 5) is 11.3. The van der Waals surface area contributed by atoms with E-state index in [1.807, 2.05) is 26.0 Å². The zero-order valence-corrected chi connectivity index (χ0v) is 12.1. The van der Waals surface area contributed by atoms with E-state index in [1.165, 1.54) is 5.56 Å². The average Bonchev–Trinajstić information content (AvgIpc) is 2.10. The molecule has 1 atom stereocenters. The molecule has 4 heteroatoms. The third kappa shape index (κ3) is 3.31. The van der Waals surface area contributed by atoms with E-state index in [0.717, 1.165) is 15.7 Å². The Morgan fingerprint density at radius 1 is 1.40 bits per heavy atom. The van der Waals surface area contributed by atoms with Crippen LogP contribution in [0.2, 0.25) is 0 Å². The van der Waals surface area contributed by atoms with Crippen LogP contribution in [-0.2, 0) is 4.79 Å². The zero-order chi connectivity index (χ0) is 11.6. The molecule has 0 aliphatic rings. The minimum absolute atomic E-state index is 0.0392. The Hall–Kier alpha value is -0.350. The van der Waals surface area contributed by atoms with E-state index in [9.17, 15) is 4.79 Å². The van der Waals surface area contributed by atoms with Gasteiger partial charge in [-0.2, -0.15) is 0 Å². The van der Waals surface area contributed by atoms with Crippen molar-refractivity contribution in [3.8, 4) is 0 Å². The Morgan fingerprint density at radius 3 is 2.47 bits per heavy atom. The lowest BCUT2D eigenvalue weighted by atomic mass is 10.1. The van der Waals surface area contributed by atoms with Crippen LogP contribution in [0.3, 0.4) is 0 Å². The van der Waals surface area contributed by atoms with Crippen molar-refractivity contribution in [2.45, 2.75) is 25.6 Å². The summed E-state index contributed by atoms with van der Waals surface area (Å²) < 4.78 is 0.918. The number of aryl methyl sites for hydroxylation is 2. The number of hydrogen-bond donors (Lipinski definition) is 1. The molecule has 0 heterocycles. The van der Waals surface area contributed by atoms with Crippen molar-refractivity contribution in [1.29, 1.82) is 0 Å². The van der Waals surface area contributed by atoms with Crippen LogP contribution in [0.4, 0.5) is 5.69 Å². The normalized spacial score (nSPS) is 12.3. The SMILES string of the molecule is Cc1cc(C)c(NC(=O)C(C)Br)c(Br)c1. The molecule has 0 fully saturated rings. The molecule has 82 valence electrons. The summed E-state index contributed by atoms with van der Waals surface area (Å²) in [5.41, 5.74) is 3.07. The van der Waals surface area contributed by atoms with Crippen LogP contribution >= 0.6 is 31.9 Å². The molecule has 0 aliphatic carbocycles. The van der Waals surface area contributed by atoms with Crippen LogP contribution in [0, 0.1) is 13.8 Å². The maximum absolute atomic E-state index is 11.5. The van der Waals surface area contributed by atoms with Crippen LogP contribution in [0.5, 0.6) is 0 Å².